The van der Waals surface area contributed by atoms with Crippen LogP contribution >= 0.6 is 0 Å². The Hall–Kier alpha value is -2.67. The molecule has 2 aromatic carbocycles. The van der Waals surface area contributed by atoms with E-state index in [4.69, 9.17) is 5.26 Å². The molecule has 1 fully saturated rings. The van der Waals surface area contributed by atoms with Gasteiger partial charge in [-0.15, -0.1) is 0 Å². The van der Waals surface area contributed by atoms with Crippen LogP contribution in [0.5, 0.6) is 0 Å². The lowest BCUT2D eigenvalue weighted by Crippen LogP contribution is -1.88. The topological polar surface area (TPSA) is 51.5 Å². The van der Waals surface area contributed by atoms with Gasteiger partial charge in [0.25, 0.3) is 0 Å². The van der Waals surface area contributed by atoms with Crippen LogP contribution in [0, 0.1) is 11.3 Å². The van der Waals surface area contributed by atoms with Crippen molar-refractivity contribution in [3.63, 3.8) is 0 Å². The molecule has 0 aromatic heterocycles. The quantitative estimate of drug-likeness (QED) is 0.613. The predicted octanol–water partition coefficient (Wildman–Crippen LogP) is 3.79. The van der Waals surface area contributed by atoms with Crippen molar-refractivity contribution in [1.82, 2.24) is 0 Å². The third-order valence-corrected chi connectivity index (χ3v) is 2.94. The van der Waals surface area contributed by atoms with E-state index in [1.54, 1.807) is 24.3 Å². The summed E-state index contributed by atoms with van der Waals surface area (Å²) in [6.07, 6.45) is 0. The molecule has 0 aliphatic carbocycles. The lowest BCUT2D eigenvalue weighted by molar-refractivity contribution is 1.23. The van der Waals surface area contributed by atoms with Crippen molar-refractivity contribution >= 4 is 17.1 Å². The number of nitrogens with zero attached hydrogens (tertiary/aromatic N) is 4. The van der Waals surface area contributed by atoms with Crippen molar-refractivity contribution in [2.75, 3.05) is 18.0 Å². The number of hydrogen-bond donors (Lipinski definition) is 0. The first kappa shape index (κ1) is 11.4. The van der Waals surface area contributed by atoms with E-state index >= 15 is 0 Å². The monoisotopic (exact) mass is 248 g/mol. The maximum atomic E-state index is 8.70. The molecule has 0 N–H and O–H groups in total. The van der Waals surface area contributed by atoms with Gasteiger partial charge in [-0.2, -0.15) is 15.5 Å². The summed E-state index contributed by atoms with van der Waals surface area (Å²) < 4.78 is 0. The van der Waals surface area contributed by atoms with Crippen molar-refractivity contribution in [3.05, 3.63) is 54.1 Å². The summed E-state index contributed by atoms with van der Waals surface area (Å²) in [5.41, 5.74) is 3.43. The average Bonchev–Trinajstić information content (AvgIpc) is 3.31. The zero-order valence-electron chi connectivity index (χ0n) is 10.3. The third-order valence-electron chi connectivity index (χ3n) is 2.94. The van der Waals surface area contributed by atoms with Crippen LogP contribution in [-0.4, -0.2) is 13.1 Å². The molecule has 1 aliphatic heterocycles. The van der Waals surface area contributed by atoms with Crippen molar-refractivity contribution in [1.29, 1.82) is 5.26 Å². The maximum absolute atomic E-state index is 8.70. The van der Waals surface area contributed by atoms with Crippen molar-refractivity contribution < 1.29 is 0 Å². The first-order valence-electron chi connectivity index (χ1n) is 6.12. The minimum atomic E-state index is 0.627. The second-order valence-corrected chi connectivity index (χ2v) is 4.36. The Morgan fingerprint density at radius 2 is 1.37 bits per heavy atom. The highest BCUT2D eigenvalue weighted by Gasteiger charge is 2.16. The van der Waals surface area contributed by atoms with Crippen molar-refractivity contribution in [2.45, 2.75) is 0 Å². The summed E-state index contributed by atoms with van der Waals surface area (Å²) in [7, 11) is 0. The molecule has 0 radical (unpaired) electrons. The summed E-state index contributed by atoms with van der Waals surface area (Å²) in [6.45, 7) is 2.29. The zero-order chi connectivity index (χ0) is 13.1. The molecular formula is C15H12N4. The fourth-order valence-corrected chi connectivity index (χ4v) is 1.76. The van der Waals surface area contributed by atoms with Gasteiger partial charge in [-0.3, -0.25) is 0 Å². The number of hydrogen-bond acceptors (Lipinski definition) is 4. The highest BCUT2D eigenvalue weighted by atomic mass is 15.3. The summed E-state index contributed by atoms with van der Waals surface area (Å²) >= 11 is 0. The van der Waals surface area contributed by atoms with Crippen LogP contribution in [0.3, 0.4) is 0 Å². The fourth-order valence-electron chi connectivity index (χ4n) is 1.76. The Labute approximate surface area is 111 Å². The van der Waals surface area contributed by atoms with Gasteiger partial charge in [-0.25, -0.2) is 0 Å². The molecule has 0 saturated carbocycles. The van der Waals surface area contributed by atoms with Crippen LogP contribution < -0.4 is 4.90 Å². The van der Waals surface area contributed by atoms with Crippen LogP contribution in [0.1, 0.15) is 5.56 Å². The number of anilines is 1. The highest BCUT2D eigenvalue weighted by Crippen LogP contribution is 2.25. The molecule has 92 valence electrons. The van der Waals surface area contributed by atoms with Gasteiger partial charge >= 0.3 is 0 Å². The van der Waals surface area contributed by atoms with Gasteiger partial charge in [0.05, 0.1) is 23.0 Å². The van der Waals surface area contributed by atoms with Gasteiger partial charge in [0.2, 0.25) is 0 Å². The molecule has 0 unspecified atom stereocenters. The third kappa shape index (κ3) is 2.78. The summed E-state index contributed by atoms with van der Waals surface area (Å²) in [5.74, 6) is 0. The van der Waals surface area contributed by atoms with Crippen LogP contribution in [0.2, 0.25) is 0 Å². The van der Waals surface area contributed by atoms with Crippen molar-refractivity contribution in [3.8, 4) is 6.07 Å². The van der Waals surface area contributed by atoms with E-state index in [1.165, 1.54) is 5.69 Å². The molecule has 0 amide bonds. The van der Waals surface area contributed by atoms with E-state index < -0.39 is 0 Å². The molecule has 2 aromatic rings. The molecule has 0 spiro atoms. The van der Waals surface area contributed by atoms with Crippen LogP contribution in [0.4, 0.5) is 17.1 Å². The summed E-state index contributed by atoms with van der Waals surface area (Å²) in [5, 5.41) is 17.0. The number of rotatable bonds is 3. The Morgan fingerprint density at radius 3 is 1.84 bits per heavy atom. The fraction of sp³-hybridized carbons (Fsp3) is 0.133. The van der Waals surface area contributed by atoms with Gasteiger partial charge in [-0.1, -0.05) is 0 Å². The first-order valence-corrected chi connectivity index (χ1v) is 6.12. The Bertz CT molecular complexity index is 631. The standard InChI is InChI=1S/C15H12N4/c16-11-12-1-3-13(4-2-12)17-18-14-5-7-15(8-6-14)19-9-10-19/h1-8H,9-10H2. The van der Waals surface area contributed by atoms with Crippen LogP contribution in [0.25, 0.3) is 0 Å². The van der Waals surface area contributed by atoms with E-state index in [9.17, 15) is 0 Å². The predicted molar refractivity (Wildman–Crippen MR) is 74.0 cm³/mol. The van der Waals surface area contributed by atoms with E-state index in [0.29, 0.717) is 5.56 Å². The van der Waals surface area contributed by atoms with Crippen LogP contribution in [0.15, 0.2) is 58.8 Å². The molecule has 0 bridgehead atoms. The molecular weight excluding hydrogens is 236 g/mol. The lowest BCUT2D eigenvalue weighted by Gasteiger charge is -2.01. The van der Waals surface area contributed by atoms with E-state index in [1.807, 2.05) is 12.1 Å². The van der Waals surface area contributed by atoms with Gasteiger partial charge in [0.1, 0.15) is 0 Å². The van der Waals surface area contributed by atoms with Gasteiger partial charge < -0.3 is 4.90 Å². The van der Waals surface area contributed by atoms with E-state index in [2.05, 4.69) is 33.3 Å². The average molecular weight is 248 g/mol. The molecule has 3 rings (SSSR count). The highest BCUT2D eigenvalue weighted by molar-refractivity contribution is 5.56. The van der Waals surface area contributed by atoms with Crippen molar-refractivity contribution in [2.24, 2.45) is 10.2 Å². The van der Waals surface area contributed by atoms with Crippen LogP contribution in [-0.2, 0) is 0 Å². The van der Waals surface area contributed by atoms with E-state index in [-0.39, 0.29) is 0 Å². The smallest absolute Gasteiger partial charge is 0.0991 e. The summed E-state index contributed by atoms with van der Waals surface area (Å²) in [6, 6.07) is 17.1. The largest absolute Gasteiger partial charge is 0.368 e. The second-order valence-electron chi connectivity index (χ2n) is 4.36. The van der Waals surface area contributed by atoms with Gasteiger partial charge in [-0.05, 0) is 48.5 Å². The molecule has 4 nitrogen and oxygen atoms in total. The number of azo groups is 1. The minimum absolute atomic E-state index is 0.627. The first-order chi connectivity index (χ1) is 9.35. The Kier molecular flexibility index (Phi) is 2.95. The molecule has 1 saturated heterocycles. The SMILES string of the molecule is N#Cc1ccc(N=Nc2ccc(N3CC3)cc2)cc1. The molecule has 1 aliphatic rings. The Morgan fingerprint density at radius 1 is 0.842 bits per heavy atom. The second kappa shape index (κ2) is 4.91. The normalized spacial score (nSPS) is 13.5. The molecule has 0 atom stereocenters. The number of benzene rings is 2. The summed E-state index contributed by atoms with van der Waals surface area (Å²) in [4.78, 5) is 2.28. The zero-order valence-corrected chi connectivity index (χ0v) is 10.3. The van der Waals surface area contributed by atoms with Gasteiger partial charge in [0.15, 0.2) is 0 Å². The maximum Gasteiger partial charge on any atom is 0.0991 e. The Balaban J connectivity index is 1.72. The lowest BCUT2D eigenvalue weighted by atomic mass is 10.2. The van der Waals surface area contributed by atoms with E-state index in [0.717, 1.165) is 24.5 Å². The van der Waals surface area contributed by atoms with Gasteiger partial charge in [0, 0.05) is 18.8 Å². The number of nitriles is 1. The molecule has 1 heterocycles. The minimum Gasteiger partial charge on any atom is -0.368 e. The molecule has 4 heteroatoms. The molecule has 19 heavy (non-hydrogen) atoms.